The third-order valence-corrected chi connectivity index (χ3v) is 5.67. The molecule has 4 amide bonds. The molecule has 2 aromatic rings. The molecule has 2 atom stereocenters. The fraction of sp³-hybridized carbons (Fsp3) is 0.360. The van der Waals surface area contributed by atoms with Crippen LogP contribution >= 0.6 is 0 Å². The van der Waals surface area contributed by atoms with E-state index in [0.717, 1.165) is 11.1 Å². The maximum Gasteiger partial charge on any atom is 0.242 e. The van der Waals surface area contributed by atoms with Gasteiger partial charge in [0.25, 0.3) is 0 Å². The van der Waals surface area contributed by atoms with Gasteiger partial charge in [0, 0.05) is 27.2 Å². The lowest BCUT2D eigenvalue weighted by molar-refractivity contribution is -0.134. The van der Waals surface area contributed by atoms with Gasteiger partial charge in [0.1, 0.15) is 0 Å². The first-order valence-electron chi connectivity index (χ1n) is 11.0. The predicted molar refractivity (Wildman–Crippen MR) is 123 cm³/mol. The molecule has 0 aromatic heterocycles. The number of hydrogen-bond acceptors (Lipinski definition) is 4. The third kappa shape index (κ3) is 7.17. The summed E-state index contributed by atoms with van der Waals surface area (Å²) in [4.78, 5) is 52.3. The molecule has 8 nitrogen and oxygen atoms in total. The molecule has 2 N–H and O–H groups in total. The molecule has 0 saturated heterocycles. The van der Waals surface area contributed by atoms with Gasteiger partial charge in [0.2, 0.25) is 23.6 Å². The molecule has 1 aliphatic rings. The molecule has 8 heteroatoms. The molecule has 0 radical (unpaired) electrons. The van der Waals surface area contributed by atoms with E-state index in [9.17, 15) is 19.2 Å². The number of carbonyl (C=O) groups excluding carboxylic acids is 4. The molecule has 33 heavy (non-hydrogen) atoms. The molecule has 2 aromatic carbocycles. The molecule has 1 aliphatic carbocycles. The Bertz CT molecular complexity index is 901. The van der Waals surface area contributed by atoms with Crippen molar-refractivity contribution in [2.45, 2.75) is 19.5 Å². The lowest BCUT2D eigenvalue weighted by Crippen LogP contribution is -2.40. The second-order valence-electron chi connectivity index (χ2n) is 8.36. The number of nitrogens with zero attached hydrogens (tertiary/aromatic N) is 2. The number of benzene rings is 2. The molecule has 0 spiro atoms. The van der Waals surface area contributed by atoms with Gasteiger partial charge in [-0.3, -0.25) is 19.2 Å². The Hall–Kier alpha value is -3.68. The van der Waals surface area contributed by atoms with E-state index in [1.807, 2.05) is 60.7 Å². The first-order chi connectivity index (χ1) is 15.8. The Morgan fingerprint density at radius 1 is 0.697 bits per heavy atom. The molecule has 2 unspecified atom stereocenters. The van der Waals surface area contributed by atoms with Crippen molar-refractivity contribution < 1.29 is 19.2 Å². The van der Waals surface area contributed by atoms with Gasteiger partial charge in [-0.1, -0.05) is 60.7 Å². The van der Waals surface area contributed by atoms with Gasteiger partial charge in [-0.05, 0) is 17.5 Å². The number of amides is 4. The highest BCUT2D eigenvalue weighted by Gasteiger charge is 2.48. The molecule has 3 rings (SSSR count). The van der Waals surface area contributed by atoms with Crippen molar-refractivity contribution in [1.82, 2.24) is 20.4 Å². The van der Waals surface area contributed by atoms with Crippen molar-refractivity contribution in [3.05, 3.63) is 71.8 Å². The quantitative estimate of drug-likeness (QED) is 0.568. The van der Waals surface area contributed by atoms with E-state index in [1.54, 1.807) is 23.9 Å². The van der Waals surface area contributed by atoms with Gasteiger partial charge in [-0.15, -0.1) is 0 Å². The smallest absolute Gasteiger partial charge is 0.242 e. The second kappa shape index (κ2) is 11.3. The zero-order valence-electron chi connectivity index (χ0n) is 19.0. The summed E-state index contributed by atoms with van der Waals surface area (Å²) < 4.78 is 0. The summed E-state index contributed by atoms with van der Waals surface area (Å²) in [5.74, 6) is -1.97. The molecular formula is C25H30N4O4. The predicted octanol–water partition coefficient (Wildman–Crippen LogP) is 1.17. The Labute approximate surface area is 193 Å². The summed E-state index contributed by atoms with van der Waals surface area (Å²) in [7, 11) is 3.36. The third-order valence-electron chi connectivity index (χ3n) is 5.67. The Balaban J connectivity index is 1.34. The van der Waals surface area contributed by atoms with E-state index in [1.165, 1.54) is 0 Å². The molecule has 1 saturated carbocycles. The minimum atomic E-state index is -0.464. The number of carbonyl (C=O) groups is 4. The molecular weight excluding hydrogens is 420 g/mol. The van der Waals surface area contributed by atoms with Crippen LogP contribution in [-0.4, -0.2) is 60.6 Å². The molecule has 0 aliphatic heterocycles. The lowest BCUT2D eigenvalue weighted by Gasteiger charge is -2.18. The highest BCUT2D eigenvalue weighted by atomic mass is 16.2. The molecule has 0 heterocycles. The standard InChI is InChI=1S/C25H30N4O4/c1-28(16-18-9-5-3-6-10-18)22(30)14-26-24(32)20-13-21(20)25(33)27-15-23(31)29(2)17-19-11-7-4-8-12-19/h3-12,20-21H,13-17H2,1-2H3,(H,26,32)(H,27,33). The van der Waals surface area contributed by atoms with E-state index in [0.29, 0.717) is 19.5 Å². The zero-order valence-corrected chi connectivity index (χ0v) is 19.0. The van der Waals surface area contributed by atoms with Crippen molar-refractivity contribution in [3.63, 3.8) is 0 Å². The van der Waals surface area contributed by atoms with Gasteiger partial charge >= 0.3 is 0 Å². The van der Waals surface area contributed by atoms with Crippen LogP contribution in [0, 0.1) is 11.8 Å². The van der Waals surface area contributed by atoms with Crippen LogP contribution in [0.1, 0.15) is 17.5 Å². The first-order valence-corrected chi connectivity index (χ1v) is 11.0. The summed E-state index contributed by atoms with van der Waals surface area (Å²) in [6.07, 6.45) is 0.416. The molecule has 0 bridgehead atoms. The zero-order chi connectivity index (χ0) is 23.8. The maximum absolute atomic E-state index is 12.3. The number of likely N-dealkylation sites (N-methyl/N-ethyl adjacent to an activating group) is 2. The fourth-order valence-electron chi connectivity index (χ4n) is 3.52. The average Bonchev–Trinajstić information content (AvgIpc) is 3.63. The van der Waals surface area contributed by atoms with Gasteiger partial charge in [0.05, 0.1) is 24.9 Å². The second-order valence-corrected chi connectivity index (χ2v) is 8.36. The van der Waals surface area contributed by atoms with Gasteiger partial charge < -0.3 is 20.4 Å². The van der Waals surface area contributed by atoms with Crippen molar-refractivity contribution in [3.8, 4) is 0 Å². The monoisotopic (exact) mass is 450 g/mol. The largest absolute Gasteiger partial charge is 0.347 e. The molecule has 174 valence electrons. The van der Waals surface area contributed by atoms with E-state index < -0.39 is 11.8 Å². The minimum absolute atomic E-state index is 0.115. The van der Waals surface area contributed by atoms with Crippen LogP contribution in [0.5, 0.6) is 0 Å². The van der Waals surface area contributed by atoms with Crippen molar-refractivity contribution in [2.24, 2.45) is 11.8 Å². The average molecular weight is 451 g/mol. The number of rotatable bonds is 10. The van der Waals surface area contributed by atoms with Gasteiger partial charge in [-0.25, -0.2) is 0 Å². The Morgan fingerprint density at radius 3 is 1.42 bits per heavy atom. The van der Waals surface area contributed by atoms with E-state index in [-0.39, 0.29) is 36.7 Å². The van der Waals surface area contributed by atoms with Crippen molar-refractivity contribution in [1.29, 1.82) is 0 Å². The number of nitrogens with one attached hydrogen (secondary N) is 2. The van der Waals surface area contributed by atoms with Gasteiger partial charge in [0.15, 0.2) is 0 Å². The Kier molecular flexibility index (Phi) is 8.18. The van der Waals surface area contributed by atoms with Crippen molar-refractivity contribution in [2.75, 3.05) is 27.2 Å². The van der Waals surface area contributed by atoms with Crippen LogP contribution in [0.2, 0.25) is 0 Å². The van der Waals surface area contributed by atoms with E-state index in [4.69, 9.17) is 0 Å². The normalized spacial score (nSPS) is 16.4. The SMILES string of the molecule is CN(Cc1ccccc1)C(=O)CNC(=O)C1CC1C(=O)NCC(=O)N(C)Cc1ccccc1. The highest BCUT2D eigenvalue weighted by Crippen LogP contribution is 2.38. The van der Waals surface area contributed by atoms with Gasteiger partial charge in [-0.2, -0.15) is 0 Å². The van der Waals surface area contributed by atoms with Crippen LogP contribution in [0.25, 0.3) is 0 Å². The van der Waals surface area contributed by atoms with Crippen LogP contribution in [0.4, 0.5) is 0 Å². The summed E-state index contributed by atoms with van der Waals surface area (Å²) >= 11 is 0. The van der Waals surface area contributed by atoms with Crippen LogP contribution < -0.4 is 10.6 Å². The van der Waals surface area contributed by atoms with E-state index in [2.05, 4.69) is 10.6 Å². The topological polar surface area (TPSA) is 98.8 Å². The summed E-state index contributed by atoms with van der Waals surface area (Å²) in [6.45, 7) is 0.680. The minimum Gasteiger partial charge on any atom is -0.347 e. The van der Waals surface area contributed by atoms with Crippen LogP contribution in [0.3, 0.4) is 0 Å². The Morgan fingerprint density at radius 2 is 1.06 bits per heavy atom. The van der Waals surface area contributed by atoms with E-state index >= 15 is 0 Å². The summed E-state index contributed by atoms with van der Waals surface area (Å²) in [5.41, 5.74) is 2.00. The lowest BCUT2D eigenvalue weighted by atomic mass is 10.2. The van der Waals surface area contributed by atoms with Crippen molar-refractivity contribution >= 4 is 23.6 Å². The van der Waals surface area contributed by atoms with Crippen LogP contribution in [0.15, 0.2) is 60.7 Å². The first kappa shape index (κ1) is 24.0. The fourth-order valence-corrected chi connectivity index (χ4v) is 3.52. The number of hydrogen-bond donors (Lipinski definition) is 2. The molecule has 1 fully saturated rings. The highest BCUT2D eigenvalue weighted by molar-refractivity contribution is 5.95. The summed E-state index contributed by atoms with van der Waals surface area (Å²) in [6, 6.07) is 19.2. The summed E-state index contributed by atoms with van der Waals surface area (Å²) in [5, 5.41) is 5.24. The van der Waals surface area contributed by atoms with Crippen LogP contribution in [-0.2, 0) is 32.3 Å². The maximum atomic E-state index is 12.3.